The quantitative estimate of drug-likeness (QED) is 0.679. The van der Waals surface area contributed by atoms with Gasteiger partial charge in [0.1, 0.15) is 18.5 Å². The molecule has 154 valence electrons. The van der Waals surface area contributed by atoms with Crippen molar-refractivity contribution < 1.29 is 19.4 Å². The lowest BCUT2D eigenvalue weighted by Gasteiger charge is -2.24. The van der Waals surface area contributed by atoms with Crippen LogP contribution in [-0.2, 0) is 11.8 Å². The van der Waals surface area contributed by atoms with Crippen molar-refractivity contribution in [2.24, 2.45) is 7.05 Å². The normalized spacial score (nSPS) is 16.3. The Morgan fingerprint density at radius 1 is 1.32 bits per heavy atom. The van der Waals surface area contributed by atoms with Crippen LogP contribution in [0.25, 0.3) is 10.9 Å². The van der Waals surface area contributed by atoms with E-state index in [2.05, 4.69) is 5.32 Å². The number of benzene rings is 1. The van der Waals surface area contributed by atoms with Gasteiger partial charge in [0.15, 0.2) is 0 Å². The van der Waals surface area contributed by atoms with Crippen LogP contribution >= 0.6 is 0 Å². The topological polar surface area (TPSA) is 72.7 Å². The average Bonchev–Trinajstić information content (AvgIpc) is 2.95. The molecular formula is C22H32N2O4. The fourth-order valence-corrected chi connectivity index (χ4v) is 3.96. The molecule has 28 heavy (non-hydrogen) atoms. The number of fused-ring (bicyclic) bond motifs is 1. The van der Waals surface area contributed by atoms with Gasteiger partial charge in [0.2, 0.25) is 0 Å². The lowest BCUT2D eigenvalue weighted by atomic mass is 9.95. The second-order valence-corrected chi connectivity index (χ2v) is 7.63. The number of aliphatic hydroxyl groups is 1. The minimum atomic E-state index is -0.570. The van der Waals surface area contributed by atoms with Gasteiger partial charge >= 0.3 is 5.97 Å². The monoisotopic (exact) mass is 388 g/mol. The van der Waals surface area contributed by atoms with Crippen LogP contribution in [0.4, 0.5) is 0 Å². The molecule has 1 heterocycles. The number of carbonyl (C=O) groups is 1. The summed E-state index contributed by atoms with van der Waals surface area (Å²) < 4.78 is 13.0. The van der Waals surface area contributed by atoms with Crippen LogP contribution in [0.2, 0.25) is 0 Å². The molecule has 6 heteroatoms. The van der Waals surface area contributed by atoms with Crippen LogP contribution in [0.3, 0.4) is 0 Å². The highest BCUT2D eigenvalue weighted by Gasteiger charge is 2.20. The number of ether oxygens (including phenoxy) is 2. The molecule has 0 bridgehead atoms. The molecule has 1 aliphatic rings. The van der Waals surface area contributed by atoms with Crippen LogP contribution in [-0.4, -0.2) is 47.5 Å². The first-order chi connectivity index (χ1) is 13.5. The zero-order valence-electron chi connectivity index (χ0n) is 17.2. The maximum atomic E-state index is 12.4. The van der Waals surface area contributed by atoms with E-state index in [0.717, 1.165) is 16.6 Å². The second-order valence-electron chi connectivity index (χ2n) is 7.63. The first kappa shape index (κ1) is 20.7. The van der Waals surface area contributed by atoms with E-state index in [1.165, 1.54) is 32.1 Å². The standard InChI is InChI=1S/C22H32N2O4/c1-4-27-22(26)21-15(2)24(3)20-11-10-18(12-19(20)21)28-14-17(25)13-23-16-8-6-5-7-9-16/h10-12,16-17,23,25H,4-9,13-14H2,1-3H3/t17-/m0/s1. The number of rotatable bonds is 8. The number of aromatic nitrogens is 1. The fraction of sp³-hybridized carbons (Fsp3) is 0.591. The molecule has 0 amide bonds. The van der Waals surface area contributed by atoms with E-state index >= 15 is 0 Å². The SMILES string of the molecule is CCOC(=O)c1c(C)n(C)c2ccc(OC[C@@H](O)CNC3CCCCC3)cc12. The largest absolute Gasteiger partial charge is 0.491 e. The summed E-state index contributed by atoms with van der Waals surface area (Å²) in [5.74, 6) is 0.319. The first-order valence-corrected chi connectivity index (χ1v) is 10.3. The zero-order chi connectivity index (χ0) is 20.1. The number of aliphatic hydroxyl groups excluding tert-OH is 1. The molecule has 0 spiro atoms. The van der Waals surface area contributed by atoms with E-state index in [-0.39, 0.29) is 12.6 Å². The van der Waals surface area contributed by atoms with Crippen molar-refractivity contribution in [1.29, 1.82) is 0 Å². The van der Waals surface area contributed by atoms with Crippen molar-refractivity contribution in [3.05, 3.63) is 29.5 Å². The third kappa shape index (κ3) is 4.67. The molecule has 3 rings (SSSR count). The molecule has 0 saturated heterocycles. The predicted octanol–water partition coefficient (Wildman–Crippen LogP) is 3.33. The Bertz CT molecular complexity index is 808. The van der Waals surface area contributed by atoms with E-state index in [4.69, 9.17) is 9.47 Å². The van der Waals surface area contributed by atoms with Gasteiger partial charge in [0.25, 0.3) is 0 Å². The number of hydrogen-bond donors (Lipinski definition) is 2. The molecule has 0 radical (unpaired) electrons. The van der Waals surface area contributed by atoms with E-state index in [9.17, 15) is 9.90 Å². The lowest BCUT2D eigenvalue weighted by molar-refractivity contribution is 0.0527. The average molecular weight is 389 g/mol. The van der Waals surface area contributed by atoms with Crippen molar-refractivity contribution in [1.82, 2.24) is 9.88 Å². The van der Waals surface area contributed by atoms with E-state index in [1.54, 1.807) is 6.92 Å². The van der Waals surface area contributed by atoms with Gasteiger partial charge in [-0.15, -0.1) is 0 Å². The summed E-state index contributed by atoms with van der Waals surface area (Å²) in [5.41, 5.74) is 2.39. The summed E-state index contributed by atoms with van der Waals surface area (Å²) in [6.07, 6.45) is 5.66. The second kappa shape index (κ2) is 9.43. The molecule has 1 fully saturated rings. The molecular weight excluding hydrogens is 356 g/mol. The van der Waals surface area contributed by atoms with E-state index in [1.807, 2.05) is 36.7 Å². The Kier molecular flexibility index (Phi) is 6.97. The summed E-state index contributed by atoms with van der Waals surface area (Å²) in [6.45, 7) is 4.80. The molecule has 1 aliphatic carbocycles. The number of carbonyl (C=O) groups excluding carboxylic acids is 1. The lowest BCUT2D eigenvalue weighted by Crippen LogP contribution is -2.38. The van der Waals surface area contributed by atoms with Crippen LogP contribution in [0.5, 0.6) is 5.75 Å². The number of aryl methyl sites for hydroxylation is 1. The van der Waals surface area contributed by atoms with Gasteiger partial charge < -0.3 is 24.5 Å². The van der Waals surface area contributed by atoms with Crippen LogP contribution in [0, 0.1) is 6.92 Å². The van der Waals surface area contributed by atoms with Crippen molar-refractivity contribution >= 4 is 16.9 Å². The molecule has 1 saturated carbocycles. The zero-order valence-corrected chi connectivity index (χ0v) is 17.2. The molecule has 0 unspecified atom stereocenters. The molecule has 2 aromatic rings. The maximum Gasteiger partial charge on any atom is 0.340 e. The van der Waals surface area contributed by atoms with Gasteiger partial charge in [-0.25, -0.2) is 4.79 Å². The van der Waals surface area contributed by atoms with E-state index < -0.39 is 6.10 Å². The van der Waals surface area contributed by atoms with Gasteiger partial charge in [-0.2, -0.15) is 0 Å². The fourth-order valence-electron chi connectivity index (χ4n) is 3.96. The number of esters is 1. The summed E-state index contributed by atoms with van der Waals surface area (Å²) in [7, 11) is 1.93. The Morgan fingerprint density at radius 3 is 2.79 bits per heavy atom. The van der Waals surface area contributed by atoms with Crippen molar-refractivity contribution in [2.45, 2.75) is 58.1 Å². The summed E-state index contributed by atoms with van der Waals surface area (Å²) in [5, 5.41) is 14.5. The van der Waals surface area contributed by atoms with Crippen LogP contribution in [0.15, 0.2) is 18.2 Å². The third-order valence-electron chi connectivity index (χ3n) is 5.63. The van der Waals surface area contributed by atoms with Crippen LogP contribution < -0.4 is 10.1 Å². The predicted molar refractivity (Wildman–Crippen MR) is 110 cm³/mol. The molecule has 1 aromatic heterocycles. The third-order valence-corrected chi connectivity index (χ3v) is 5.63. The van der Waals surface area contributed by atoms with Gasteiger partial charge in [0, 0.05) is 36.2 Å². The van der Waals surface area contributed by atoms with Crippen LogP contribution in [0.1, 0.15) is 55.1 Å². The van der Waals surface area contributed by atoms with E-state index in [0.29, 0.717) is 30.5 Å². The van der Waals surface area contributed by atoms with Gasteiger partial charge in [-0.3, -0.25) is 0 Å². The molecule has 6 nitrogen and oxygen atoms in total. The Morgan fingerprint density at radius 2 is 2.07 bits per heavy atom. The number of hydrogen-bond acceptors (Lipinski definition) is 5. The van der Waals surface area contributed by atoms with Gasteiger partial charge in [0.05, 0.1) is 12.2 Å². The molecule has 0 aliphatic heterocycles. The van der Waals surface area contributed by atoms with Gasteiger partial charge in [-0.05, 0) is 44.9 Å². The maximum absolute atomic E-state index is 12.4. The summed E-state index contributed by atoms with van der Waals surface area (Å²) in [4.78, 5) is 12.4. The Hall–Kier alpha value is -2.05. The highest BCUT2D eigenvalue weighted by Crippen LogP contribution is 2.29. The van der Waals surface area contributed by atoms with Gasteiger partial charge in [-0.1, -0.05) is 19.3 Å². The molecule has 1 atom stereocenters. The first-order valence-electron chi connectivity index (χ1n) is 10.3. The smallest absolute Gasteiger partial charge is 0.340 e. The van der Waals surface area contributed by atoms with Crippen molar-refractivity contribution in [3.63, 3.8) is 0 Å². The molecule has 2 N–H and O–H groups in total. The highest BCUT2D eigenvalue weighted by molar-refractivity contribution is 6.06. The van der Waals surface area contributed by atoms with Crippen molar-refractivity contribution in [3.8, 4) is 5.75 Å². The van der Waals surface area contributed by atoms with Crippen molar-refractivity contribution in [2.75, 3.05) is 19.8 Å². The summed E-state index contributed by atoms with van der Waals surface area (Å²) in [6, 6.07) is 6.18. The number of nitrogens with zero attached hydrogens (tertiary/aromatic N) is 1. The highest BCUT2D eigenvalue weighted by atomic mass is 16.5. The minimum absolute atomic E-state index is 0.214. The summed E-state index contributed by atoms with van der Waals surface area (Å²) >= 11 is 0. The number of nitrogens with one attached hydrogen (secondary N) is 1. The minimum Gasteiger partial charge on any atom is -0.491 e. The Balaban J connectivity index is 1.64. The Labute approximate surface area is 166 Å². The molecule has 1 aromatic carbocycles.